The summed E-state index contributed by atoms with van der Waals surface area (Å²) in [5.74, 6) is -2.26. The fourth-order valence-corrected chi connectivity index (χ4v) is 3.49. The van der Waals surface area contributed by atoms with Crippen molar-refractivity contribution in [3.8, 4) is 0 Å². The molecular formula is C24H27N3O6. The minimum absolute atomic E-state index is 0.335. The van der Waals surface area contributed by atoms with E-state index in [-0.39, 0.29) is 5.91 Å². The standard InChI is InChI=1S/C20H21N3O.C4H6O5/c1-16-22-13-15-23(16)14-12-20(19(21)24,17-8-4-2-5-9-17)18-10-6-3-7-11-18;5-2(4(8)9)1-3(6)7/h2-11,13,15H,12,14H2,1H3,(H2,21,24);2,5H,1H2,(H,6,7)(H,8,9). The van der Waals surface area contributed by atoms with E-state index in [9.17, 15) is 14.4 Å². The molecule has 0 bridgehead atoms. The van der Waals surface area contributed by atoms with Gasteiger partial charge in [-0.15, -0.1) is 0 Å². The molecule has 2 aromatic carbocycles. The normalized spacial score (nSPS) is 11.7. The molecule has 0 fully saturated rings. The molecule has 5 N–H and O–H groups in total. The molecule has 1 atom stereocenters. The highest BCUT2D eigenvalue weighted by Crippen LogP contribution is 2.36. The van der Waals surface area contributed by atoms with Crippen LogP contribution >= 0.6 is 0 Å². The molecule has 1 heterocycles. The summed E-state index contributed by atoms with van der Waals surface area (Å²) in [6.45, 7) is 2.62. The summed E-state index contributed by atoms with van der Waals surface area (Å²) < 4.78 is 2.05. The Morgan fingerprint density at radius 3 is 1.85 bits per heavy atom. The van der Waals surface area contributed by atoms with Crippen molar-refractivity contribution in [3.05, 3.63) is 90.0 Å². The molecule has 0 spiro atoms. The molecular weight excluding hydrogens is 426 g/mol. The molecule has 33 heavy (non-hydrogen) atoms. The van der Waals surface area contributed by atoms with Crippen LogP contribution in [0.2, 0.25) is 0 Å². The molecule has 174 valence electrons. The average molecular weight is 453 g/mol. The quantitative estimate of drug-likeness (QED) is 0.386. The third kappa shape index (κ3) is 6.50. The van der Waals surface area contributed by atoms with Crippen molar-refractivity contribution in [1.29, 1.82) is 0 Å². The zero-order chi connectivity index (χ0) is 24.4. The lowest BCUT2D eigenvalue weighted by Crippen LogP contribution is -2.43. The van der Waals surface area contributed by atoms with Crippen molar-refractivity contribution in [2.75, 3.05) is 0 Å². The second kappa shape index (κ2) is 11.6. The Labute approximate surface area is 191 Å². The Hall–Kier alpha value is -3.98. The Morgan fingerprint density at radius 2 is 1.52 bits per heavy atom. The highest BCUT2D eigenvalue weighted by molar-refractivity contribution is 5.90. The second-order valence-electron chi connectivity index (χ2n) is 7.37. The molecule has 0 saturated carbocycles. The first kappa shape index (κ1) is 25.3. The number of aromatic nitrogens is 2. The van der Waals surface area contributed by atoms with Crippen molar-refractivity contribution in [2.24, 2.45) is 5.73 Å². The van der Waals surface area contributed by atoms with E-state index < -0.39 is 29.9 Å². The van der Waals surface area contributed by atoms with Gasteiger partial charge in [0.2, 0.25) is 5.91 Å². The number of aryl methyl sites for hydroxylation is 2. The molecule has 1 amide bonds. The molecule has 1 unspecified atom stereocenters. The second-order valence-corrected chi connectivity index (χ2v) is 7.37. The maximum Gasteiger partial charge on any atom is 0.333 e. The van der Waals surface area contributed by atoms with Crippen LogP contribution in [0.15, 0.2) is 73.1 Å². The van der Waals surface area contributed by atoms with Gasteiger partial charge in [0.25, 0.3) is 0 Å². The van der Waals surface area contributed by atoms with E-state index in [0.717, 1.165) is 17.0 Å². The first-order valence-corrected chi connectivity index (χ1v) is 10.2. The highest BCUT2D eigenvalue weighted by Gasteiger charge is 2.40. The number of carbonyl (C=O) groups excluding carboxylic acids is 1. The predicted octanol–water partition coefficient (Wildman–Crippen LogP) is 1.96. The van der Waals surface area contributed by atoms with Gasteiger partial charge in [0.1, 0.15) is 11.2 Å². The SMILES string of the molecule is Cc1nccn1CCC(C(N)=O)(c1ccccc1)c1ccccc1.O=C(O)CC(O)C(=O)O. The van der Waals surface area contributed by atoms with Gasteiger partial charge < -0.3 is 25.6 Å². The van der Waals surface area contributed by atoms with Gasteiger partial charge in [-0.2, -0.15) is 0 Å². The molecule has 1 aromatic heterocycles. The molecule has 0 saturated heterocycles. The summed E-state index contributed by atoms with van der Waals surface area (Å²) >= 11 is 0. The lowest BCUT2D eigenvalue weighted by molar-refractivity contribution is -0.152. The van der Waals surface area contributed by atoms with E-state index in [1.807, 2.05) is 78.4 Å². The van der Waals surface area contributed by atoms with Crippen LogP contribution in [0, 0.1) is 6.92 Å². The van der Waals surface area contributed by atoms with Crippen molar-refractivity contribution in [3.63, 3.8) is 0 Å². The summed E-state index contributed by atoms with van der Waals surface area (Å²) in [6, 6.07) is 19.5. The van der Waals surface area contributed by atoms with Crippen LogP contribution in [0.1, 0.15) is 29.8 Å². The highest BCUT2D eigenvalue weighted by atomic mass is 16.4. The van der Waals surface area contributed by atoms with Crippen LogP contribution in [0.4, 0.5) is 0 Å². The number of aliphatic carboxylic acids is 2. The van der Waals surface area contributed by atoms with Gasteiger partial charge >= 0.3 is 11.9 Å². The number of aliphatic hydroxyl groups excluding tert-OH is 1. The predicted molar refractivity (Wildman–Crippen MR) is 120 cm³/mol. The zero-order valence-corrected chi connectivity index (χ0v) is 18.2. The Morgan fingerprint density at radius 1 is 1.00 bits per heavy atom. The van der Waals surface area contributed by atoms with Gasteiger partial charge in [0.05, 0.1) is 6.42 Å². The molecule has 9 nitrogen and oxygen atoms in total. The van der Waals surface area contributed by atoms with E-state index in [4.69, 9.17) is 21.1 Å². The van der Waals surface area contributed by atoms with Crippen molar-refractivity contribution in [1.82, 2.24) is 9.55 Å². The zero-order valence-electron chi connectivity index (χ0n) is 18.2. The van der Waals surface area contributed by atoms with Crippen LogP contribution in [-0.4, -0.2) is 48.8 Å². The number of hydrogen-bond donors (Lipinski definition) is 4. The van der Waals surface area contributed by atoms with Gasteiger partial charge in [0, 0.05) is 18.9 Å². The number of nitrogens with two attached hydrogens (primary N) is 1. The van der Waals surface area contributed by atoms with Crippen LogP contribution in [0.25, 0.3) is 0 Å². The van der Waals surface area contributed by atoms with E-state index in [2.05, 4.69) is 4.98 Å². The lowest BCUT2D eigenvalue weighted by atomic mass is 9.71. The number of carbonyl (C=O) groups is 3. The third-order valence-electron chi connectivity index (χ3n) is 5.26. The summed E-state index contributed by atoms with van der Waals surface area (Å²) in [5, 5.41) is 24.1. The molecule has 0 aliphatic rings. The average Bonchev–Trinajstić information content (AvgIpc) is 3.20. The van der Waals surface area contributed by atoms with Crippen LogP contribution in [0.5, 0.6) is 0 Å². The van der Waals surface area contributed by atoms with Gasteiger partial charge in [-0.1, -0.05) is 60.7 Å². The summed E-state index contributed by atoms with van der Waals surface area (Å²) in [4.78, 5) is 36.3. The van der Waals surface area contributed by atoms with Gasteiger partial charge in [-0.3, -0.25) is 9.59 Å². The number of amides is 1. The van der Waals surface area contributed by atoms with E-state index in [1.165, 1.54) is 0 Å². The fraction of sp³-hybridized carbons (Fsp3) is 0.250. The largest absolute Gasteiger partial charge is 0.481 e. The topological polar surface area (TPSA) is 156 Å². The number of benzene rings is 2. The summed E-state index contributed by atoms with van der Waals surface area (Å²) in [7, 11) is 0. The minimum Gasteiger partial charge on any atom is -0.481 e. The summed E-state index contributed by atoms with van der Waals surface area (Å²) in [5.41, 5.74) is 6.92. The first-order chi connectivity index (χ1) is 15.7. The lowest BCUT2D eigenvalue weighted by Gasteiger charge is -2.32. The van der Waals surface area contributed by atoms with Crippen molar-refractivity contribution >= 4 is 17.8 Å². The van der Waals surface area contributed by atoms with Crippen molar-refractivity contribution in [2.45, 2.75) is 37.8 Å². The maximum absolute atomic E-state index is 12.7. The maximum atomic E-state index is 12.7. The van der Waals surface area contributed by atoms with Crippen LogP contribution in [-0.2, 0) is 26.3 Å². The molecule has 0 aliphatic heterocycles. The number of carboxylic acids is 2. The smallest absolute Gasteiger partial charge is 0.333 e. The molecule has 0 aliphatic carbocycles. The number of carboxylic acid groups (broad SMARTS) is 2. The Kier molecular flexibility index (Phi) is 8.88. The molecule has 9 heteroatoms. The summed E-state index contributed by atoms with van der Waals surface area (Å²) in [6.07, 6.45) is 1.73. The number of hydrogen-bond acceptors (Lipinski definition) is 5. The van der Waals surface area contributed by atoms with Gasteiger partial charge in [-0.05, 0) is 24.5 Å². The minimum atomic E-state index is -1.79. The van der Waals surface area contributed by atoms with Gasteiger partial charge in [-0.25, -0.2) is 9.78 Å². The number of nitrogens with zero attached hydrogens (tertiary/aromatic N) is 2. The third-order valence-corrected chi connectivity index (χ3v) is 5.26. The van der Waals surface area contributed by atoms with Crippen LogP contribution < -0.4 is 5.73 Å². The Balaban J connectivity index is 0.000000365. The van der Waals surface area contributed by atoms with E-state index >= 15 is 0 Å². The number of primary amides is 1. The molecule has 3 aromatic rings. The van der Waals surface area contributed by atoms with E-state index in [1.54, 1.807) is 6.20 Å². The van der Waals surface area contributed by atoms with Crippen molar-refractivity contribution < 1.29 is 29.7 Å². The number of aliphatic hydroxyl groups is 1. The van der Waals surface area contributed by atoms with E-state index in [0.29, 0.717) is 13.0 Å². The van der Waals surface area contributed by atoms with Gasteiger partial charge in [0.15, 0.2) is 6.10 Å². The molecule has 3 rings (SSSR count). The Bertz CT molecular complexity index is 1030. The monoisotopic (exact) mass is 453 g/mol. The number of rotatable bonds is 9. The first-order valence-electron chi connectivity index (χ1n) is 10.2. The molecule has 0 radical (unpaired) electrons. The fourth-order valence-electron chi connectivity index (χ4n) is 3.49. The van der Waals surface area contributed by atoms with Crippen LogP contribution in [0.3, 0.4) is 0 Å². The number of imidazole rings is 1.